The zero-order valence-corrected chi connectivity index (χ0v) is 14.9. The van der Waals surface area contributed by atoms with Gasteiger partial charge >= 0.3 is 5.97 Å². The Morgan fingerprint density at radius 2 is 1.88 bits per heavy atom. The van der Waals surface area contributed by atoms with Gasteiger partial charge in [-0.1, -0.05) is 45.2 Å². The normalized spacial score (nSPS) is 14.8. The number of esters is 1. The molecule has 0 unspecified atom stereocenters. The minimum atomic E-state index is -0.568. The van der Waals surface area contributed by atoms with E-state index in [1.54, 1.807) is 13.0 Å². The molecular formula is C20H27NO3. The van der Waals surface area contributed by atoms with Crippen LogP contribution in [-0.2, 0) is 4.74 Å². The van der Waals surface area contributed by atoms with Crippen molar-refractivity contribution in [1.82, 2.24) is 4.98 Å². The highest BCUT2D eigenvalue weighted by atomic mass is 16.5. The van der Waals surface area contributed by atoms with Gasteiger partial charge in [-0.25, -0.2) is 4.79 Å². The van der Waals surface area contributed by atoms with Crippen molar-refractivity contribution in [2.24, 2.45) is 0 Å². The summed E-state index contributed by atoms with van der Waals surface area (Å²) in [5.41, 5.74) is 1.76. The molecule has 1 saturated carbocycles. The molecule has 1 aliphatic carbocycles. The van der Waals surface area contributed by atoms with Gasteiger partial charge in [-0.3, -0.25) is 4.79 Å². The Labute approximate surface area is 143 Å². The number of hydrogen-bond acceptors (Lipinski definition) is 3. The molecule has 0 spiro atoms. The largest absolute Gasteiger partial charge is 0.462 e. The van der Waals surface area contributed by atoms with E-state index in [0.717, 1.165) is 10.9 Å². The average molecular weight is 329 g/mol. The van der Waals surface area contributed by atoms with Crippen LogP contribution in [0.25, 0.3) is 10.9 Å². The smallest absolute Gasteiger partial charge is 0.343 e. The number of pyridine rings is 1. The summed E-state index contributed by atoms with van der Waals surface area (Å²) >= 11 is 0. The van der Waals surface area contributed by atoms with Crippen molar-refractivity contribution in [3.63, 3.8) is 0 Å². The Bertz CT molecular complexity index is 742. The van der Waals surface area contributed by atoms with Crippen molar-refractivity contribution >= 4 is 16.9 Å². The Kier molecular flexibility index (Phi) is 6.59. The first-order chi connectivity index (χ1) is 11.7. The molecule has 4 nitrogen and oxygen atoms in total. The number of nitrogens with one attached hydrogen (secondary N) is 1. The molecule has 24 heavy (non-hydrogen) atoms. The Morgan fingerprint density at radius 1 is 1.17 bits per heavy atom. The third kappa shape index (κ3) is 4.05. The predicted octanol–water partition coefficient (Wildman–Crippen LogP) is 4.78. The standard InChI is InChI=1S/C18H21NO3.C2H6/c1-2-22-18(21)15-10-14-9-8-13(11-16(14)19-17(15)20)12-6-4-3-5-7-12;1-2/h8-12H,2-7H2,1H3,(H,19,20);1-2H3. The third-order valence-electron chi connectivity index (χ3n) is 4.44. The lowest BCUT2D eigenvalue weighted by Crippen LogP contribution is -2.19. The fraction of sp³-hybridized carbons (Fsp3) is 0.500. The summed E-state index contributed by atoms with van der Waals surface area (Å²) in [7, 11) is 0. The van der Waals surface area contributed by atoms with Crippen molar-refractivity contribution in [3.8, 4) is 0 Å². The van der Waals surface area contributed by atoms with Crippen molar-refractivity contribution in [2.45, 2.75) is 58.8 Å². The maximum atomic E-state index is 12.1. The first-order valence-electron chi connectivity index (χ1n) is 9.03. The molecule has 1 aliphatic rings. The van der Waals surface area contributed by atoms with Crippen molar-refractivity contribution in [1.29, 1.82) is 0 Å². The molecule has 1 aromatic carbocycles. The second-order valence-electron chi connectivity index (χ2n) is 5.91. The summed E-state index contributed by atoms with van der Waals surface area (Å²) in [5, 5.41) is 0.863. The van der Waals surface area contributed by atoms with E-state index in [2.05, 4.69) is 17.1 Å². The molecule has 0 radical (unpaired) electrons. The van der Waals surface area contributed by atoms with Crippen LogP contribution in [0.15, 0.2) is 29.1 Å². The van der Waals surface area contributed by atoms with Gasteiger partial charge in [0.2, 0.25) is 0 Å². The molecule has 0 amide bonds. The van der Waals surface area contributed by atoms with Gasteiger partial charge in [0.05, 0.1) is 6.61 Å². The molecule has 2 aromatic rings. The molecule has 0 bridgehead atoms. The van der Waals surface area contributed by atoms with E-state index in [1.807, 2.05) is 19.9 Å². The molecule has 0 aliphatic heterocycles. The van der Waals surface area contributed by atoms with E-state index < -0.39 is 5.97 Å². The number of carbonyl (C=O) groups is 1. The van der Waals surface area contributed by atoms with E-state index in [0.29, 0.717) is 5.92 Å². The molecule has 130 valence electrons. The van der Waals surface area contributed by atoms with Crippen molar-refractivity contribution in [2.75, 3.05) is 6.61 Å². The molecule has 0 atom stereocenters. The molecule has 1 fully saturated rings. The number of rotatable bonds is 3. The number of H-pyrrole nitrogens is 1. The second kappa shape index (κ2) is 8.67. The molecule has 4 heteroatoms. The number of fused-ring (bicyclic) bond motifs is 1. The Morgan fingerprint density at radius 3 is 2.54 bits per heavy atom. The molecular weight excluding hydrogens is 302 g/mol. The van der Waals surface area contributed by atoms with E-state index in [9.17, 15) is 9.59 Å². The number of hydrogen-bond donors (Lipinski definition) is 1. The lowest BCUT2D eigenvalue weighted by molar-refractivity contribution is 0.0524. The average Bonchev–Trinajstić information content (AvgIpc) is 2.63. The maximum absolute atomic E-state index is 12.1. The van der Waals surface area contributed by atoms with Gasteiger partial charge in [0, 0.05) is 5.52 Å². The van der Waals surface area contributed by atoms with Crippen molar-refractivity contribution < 1.29 is 9.53 Å². The zero-order valence-electron chi connectivity index (χ0n) is 14.9. The summed E-state index contributed by atoms with van der Waals surface area (Å²) in [6, 6.07) is 7.78. The summed E-state index contributed by atoms with van der Waals surface area (Å²) in [6.07, 6.45) is 6.32. The molecule has 3 rings (SSSR count). The summed E-state index contributed by atoms with van der Waals surface area (Å²) in [6.45, 7) is 5.99. The lowest BCUT2D eigenvalue weighted by Gasteiger charge is -2.22. The quantitative estimate of drug-likeness (QED) is 0.824. The number of aromatic nitrogens is 1. The lowest BCUT2D eigenvalue weighted by atomic mass is 9.84. The van der Waals surface area contributed by atoms with Crippen LogP contribution in [-0.4, -0.2) is 17.6 Å². The van der Waals surface area contributed by atoms with E-state index in [4.69, 9.17) is 4.74 Å². The van der Waals surface area contributed by atoms with Gasteiger partial charge in [0.15, 0.2) is 0 Å². The van der Waals surface area contributed by atoms with Crippen LogP contribution in [0.3, 0.4) is 0 Å². The van der Waals surface area contributed by atoms with Gasteiger partial charge in [-0.05, 0) is 48.8 Å². The van der Waals surface area contributed by atoms with Crippen molar-refractivity contribution in [3.05, 3.63) is 45.7 Å². The van der Waals surface area contributed by atoms with Gasteiger partial charge in [-0.15, -0.1) is 0 Å². The molecule has 1 aromatic heterocycles. The highest BCUT2D eigenvalue weighted by molar-refractivity contribution is 5.93. The van der Waals surface area contributed by atoms with Crippen LogP contribution in [0.2, 0.25) is 0 Å². The van der Waals surface area contributed by atoms with Crippen LogP contribution in [0.4, 0.5) is 0 Å². The van der Waals surface area contributed by atoms with E-state index in [-0.39, 0.29) is 17.7 Å². The van der Waals surface area contributed by atoms with Crippen LogP contribution < -0.4 is 5.56 Å². The van der Waals surface area contributed by atoms with Gasteiger partial charge in [0.1, 0.15) is 5.56 Å². The van der Waals surface area contributed by atoms with Gasteiger partial charge in [-0.2, -0.15) is 0 Å². The van der Waals surface area contributed by atoms with Crippen LogP contribution in [0.5, 0.6) is 0 Å². The topological polar surface area (TPSA) is 59.2 Å². The second-order valence-corrected chi connectivity index (χ2v) is 5.91. The third-order valence-corrected chi connectivity index (χ3v) is 4.44. The predicted molar refractivity (Wildman–Crippen MR) is 97.7 cm³/mol. The number of benzene rings is 1. The molecule has 0 saturated heterocycles. The van der Waals surface area contributed by atoms with Gasteiger partial charge in [0.25, 0.3) is 5.56 Å². The molecule has 1 N–H and O–H groups in total. The summed E-state index contributed by atoms with van der Waals surface area (Å²) in [4.78, 5) is 26.7. The minimum absolute atomic E-state index is 0.0692. The van der Waals surface area contributed by atoms with E-state index in [1.165, 1.54) is 37.7 Å². The maximum Gasteiger partial charge on any atom is 0.343 e. The molecule has 1 heterocycles. The Hall–Kier alpha value is -2.10. The number of ether oxygens (including phenoxy) is 1. The number of aromatic amines is 1. The summed E-state index contributed by atoms with van der Waals surface area (Å²) < 4.78 is 4.92. The fourth-order valence-electron chi connectivity index (χ4n) is 3.27. The fourth-order valence-corrected chi connectivity index (χ4v) is 3.27. The van der Waals surface area contributed by atoms with Gasteiger partial charge < -0.3 is 9.72 Å². The monoisotopic (exact) mass is 329 g/mol. The summed E-state index contributed by atoms with van der Waals surface area (Å²) in [5.74, 6) is 0.0217. The van der Waals surface area contributed by atoms with E-state index >= 15 is 0 Å². The van der Waals surface area contributed by atoms with Crippen LogP contribution in [0, 0.1) is 0 Å². The first kappa shape index (κ1) is 18.2. The first-order valence-corrected chi connectivity index (χ1v) is 9.03. The number of carbonyl (C=O) groups excluding carboxylic acids is 1. The van der Waals surface area contributed by atoms with Crippen LogP contribution in [0.1, 0.15) is 74.7 Å². The van der Waals surface area contributed by atoms with Crippen LogP contribution >= 0.6 is 0 Å². The minimum Gasteiger partial charge on any atom is -0.462 e. The zero-order chi connectivity index (χ0) is 17.5. The Balaban J connectivity index is 0.00000100. The highest BCUT2D eigenvalue weighted by Gasteiger charge is 2.17. The highest BCUT2D eigenvalue weighted by Crippen LogP contribution is 2.33. The SMILES string of the molecule is CC.CCOC(=O)c1cc2ccc(C3CCCCC3)cc2[nH]c1=O.